The number of nitrogens with zero attached hydrogens (tertiary/aromatic N) is 1. The molecule has 0 heterocycles. The molecule has 0 amide bonds. The van der Waals surface area contributed by atoms with Crippen LogP contribution < -0.4 is 9.64 Å². The number of anilines is 1. The first kappa shape index (κ1) is 19.1. The summed E-state index contributed by atoms with van der Waals surface area (Å²) in [6.07, 6.45) is 1.09. The van der Waals surface area contributed by atoms with Gasteiger partial charge in [-0.25, -0.2) is 9.59 Å². The lowest BCUT2D eigenvalue weighted by molar-refractivity contribution is -0.138. The summed E-state index contributed by atoms with van der Waals surface area (Å²) < 4.78 is 15.1. The standard InChI is InChI=1S/C20H21NO5/c1-21(18(20(23)25-3)13-19(22)24-2)16-10-7-11-17(12-16)26-14-15-8-5-4-6-9-15/h4-13H,14H2,1-3H3/b18-13+. The number of ether oxygens (including phenoxy) is 3. The zero-order chi connectivity index (χ0) is 18.9. The Morgan fingerprint density at radius 1 is 1.00 bits per heavy atom. The van der Waals surface area contributed by atoms with E-state index in [1.54, 1.807) is 25.2 Å². The van der Waals surface area contributed by atoms with Crippen molar-refractivity contribution in [1.29, 1.82) is 0 Å². The average molecular weight is 355 g/mol. The molecular formula is C20H21NO5. The van der Waals surface area contributed by atoms with Crippen LogP contribution in [0.4, 0.5) is 5.69 Å². The molecule has 0 N–H and O–H groups in total. The number of hydrogen-bond donors (Lipinski definition) is 0. The fourth-order valence-corrected chi connectivity index (χ4v) is 2.23. The van der Waals surface area contributed by atoms with Gasteiger partial charge in [0.1, 0.15) is 18.1 Å². The van der Waals surface area contributed by atoms with Crippen LogP contribution in [0.5, 0.6) is 5.75 Å². The molecule has 0 unspecified atom stereocenters. The van der Waals surface area contributed by atoms with Crippen LogP contribution in [-0.2, 0) is 25.7 Å². The Morgan fingerprint density at radius 3 is 2.38 bits per heavy atom. The van der Waals surface area contributed by atoms with Gasteiger partial charge in [0.15, 0.2) is 0 Å². The molecule has 0 aliphatic rings. The molecule has 2 aromatic rings. The first-order chi connectivity index (χ1) is 12.5. The van der Waals surface area contributed by atoms with Crippen LogP contribution in [0.3, 0.4) is 0 Å². The normalized spacial score (nSPS) is 10.8. The number of benzene rings is 2. The second-order valence-electron chi connectivity index (χ2n) is 5.37. The monoisotopic (exact) mass is 355 g/mol. The van der Waals surface area contributed by atoms with Gasteiger partial charge in [0.2, 0.25) is 0 Å². The number of esters is 2. The summed E-state index contributed by atoms with van der Waals surface area (Å²) in [5, 5.41) is 0. The van der Waals surface area contributed by atoms with Crippen molar-refractivity contribution in [1.82, 2.24) is 0 Å². The molecule has 0 radical (unpaired) electrons. The third-order valence-corrected chi connectivity index (χ3v) is 3.66. The first-order valence-corrected chi connectivity index (χ1v) is 7.93. The average Bonchev–Trinajstić information content (AvgIpc) is 2.70. The number of carbonyl (C=O) groups excluding carboxylic acids is 2. The quantitative estimate of drug-likeness (QED) is 0.562. The van der Waals surface area contributed by atoms with Gasteiger partial charge in [-0.3, -0.25) is 0 Å². The molecule has 26 heavy (non-hydrogen) atoms. The third kappa shape index (κ3) is 5.11. The lowest BCUT2D eigenvalue weighted by Gasteiger charge is -2.21. The summed E-state index contributed by atoms with van der Waals surface area (Å²) in [5.74, 6) is -0.650. The van der Waals surface area contributed by atoms with Crippen molar-refractivity contribution >= 4 is 17.6 Å². The molecule has 136 valence electrons. The zero-order valence-electron chi connectivity index (χ0n) is 15.0. The van der Waals surface area contributed by atoms with E-state index >= 15 is 0 Å². The topological polar surface area (TPSA) is 65.1 Å². The number of methoxy groups -OCH3 is 2. The highest BCUT2D eigenvalue weighted by Gasteiger charge is 2.19. The maximum absolute atomic E-state index is 12.0. The Kier molecular flexibility index (Phi) is 6.79. The molecule has 0 aliphatic heterocycles. The van der Waals surface area contributed by atoms with Crippen LogP contribution in [0.2, 0.25) is 0 Å². The van der Waals surface area contributed by atoms with Crippen LogP contribution >= 0.6 is 0 Å². The van der Waals surface area contributed by atoms with Crippen molar-refractivity contribution in [2.75, 3.05) is 26.2 Å². The molecule has 0 atom stereocenters. The van der Waals surface area contributed by atoms with E-state index in [1.165, 1.54) is 19.1 Å². The lowest BCUT2D eigenvalue weighted by Crippen LogP contribution is -2.25. The van der Waals surface area contributed by atoms with Gasteiger partial charge >= 0.3 is 11.9 Å². The third-order valence-electron chi connectivity index (χ3n) is 3.66. The summed E-state index contributed by atoms with van der Waals surface area (Å²) in [5.41, 5.74) is 1.77. The minimum atomic E-state index is -0.645. The van der Waals surface area contributed by atoms with E-state index in [-0.39, 0.29) is 5.70 Å². The second kappa shape index (κ2) is 9.27. The Balaban J connectivity index is 2.19. The summed E-state index contributed by atoms with van der Waals surface area (Å²) >= 11 is 0. The van der Waals surface area contributed by atoms with Crippen LogP contribution in [0.15, 0.2) is 66.4 Å². The summed E-state index contributed by atoms with van der Waals surface area (Å²) in [6, 6.07) is 17.0. The molecule has 0 bridgehead atoms. The van der Waals surface area contributed by atoms with Gasteiger partial charge < -0.3 is 19.1 Å². The van der Waals surface area contributed by atoms with Gasteiger partial charge in [0.05, 0.1) is 20.3 Å². The Bertz CT molecular complexity index is 786. The maximum Gasteiger partial charge on any atom is 0.354 e. The molecular weight excluding hydrogens is 334 g/mol. The van der Waals surface area contributed by atoms with Crippen molar-refractivity contribution in [2.24, 2.45) is 0 Å². The van der Waals surface area contributed by atoms with E-state index in [2.05, 4.69) is 4.74 Å². The van der Waals surface area contributed by atoms with Gasteiger partial charge in [-0.15, -0.1) is 0 Å². The van der Waals surface area contributed by atoms with Gasteiger partial charge in [-0.2, -0.15) is 0 Å². The highest BCUT2D eigenvalue weighted by atomic mass is 16.5. The van der Waals surface area contributed by atoms with Crippen LogP contribution in [0.1, 0.15) is 5.56 Å². The first-order valence-electron chi connectivity index (χ1n) is 7.93. The summed E-state index contributed by atoms with van der Waals surface area (Å²) in [4.78, 5) is 25.1. The molecule has 0 fully saturated rings. The molecule has 0 spiro atoms. The maximum atomic E-state index is 12.0. The molecule has 6 heteroatoms. The van der Waals surface area contributed by atoms with E-state index < -0.39 is 11.9 Å². The van der Waals surface area contributed by atoms with E-state index in [0.717, 1.165) is 11.6 Å². The highest BCUT2D eigenvalue weighted by molar-refractivity contribution is 5.99. The van der Waals surface area contributed by atoms with Crippen LogP contribution in [0, 0.1) is 0 Å². The number of likely N-dealkylation sites (N-methyl/N-ethyl adjacent to an activating group) is 1. The largest absolute Gasteiger partial charge is 0.489 e. The summed E-state index contributed by atoms with van der Waals surface area (Å²) in [7, 11) is 4.15. The van der Waals surface area contributed by atoms with Gasteiger partial charge in [0, 0.05) is 18.8 Å². The number of carbonyl (C=O) groups is 2. The fraction of sp³-hybridized carbons (Fsp3) is 0.200. The predicted octanol–water partition coefficient (Wildman–Crippen LogP) is 2.93. The van der Waals surface area contributed by atoms with Crippen LogP contribution in [0.25, 0.3) is 0 Å². The van der Waals surface area contributed by atoms with Gasteiger partial charge in [-0.05, 0) is 17.7 Å². The van der Waals surface area contributed by atoms with E-state index in [1.807, 2.05) is 36.4 Å². The fourth-order valence-electron chi connectivity index (χ4n) is 2.23. The number of hydrogen-bond acceptors (Lipinski definition) is 6. The molecule has 0 aliphatic carbocycles. The Labute approximate surface area is 152 Å². The molecule has 2 rings (SSSR count). The zero-order valence-corrected chi connectivity index (χ0v) is 15.0. The van der Waals surface area contributed by atoms with Crippen LogP contribution in [-0.4, -0.2) is 33.2 Å². The van der Waals surface area contributed by atoms with Crippen molar-refractivity contribution in [2.45, 2.75) is 6.61 Å². The van der Waals surface area contributed by atoms with Crippen molar-refractivity contribution in [3.8, 4) is 5.75 Å². The minimum absolute atomic E-state index is 0.0551. The minimum Gasteiger partial charge on any atom is -0.489 e. The van der Waals surface area contributed by atoms with Crippen molar-refractivity contribution in [3.63, 3.8) is 0 Å². The molecule has 0 saturated carbocycles. The molecule has 0 aromatic heterocycles. The van der Waals surface area contributed by atoms with Gasteiger partial charge in [-0.1, -0.05) is 36.4 Å². The summed E-state index contributed by atoms with van der Waals surface area (Å²) in [6.45, 7) is 0.426. The molecule has 2 aromatic carbocycles. The Hall–Kier alpha value is -3.28. The lowest BCUT2D eigenvalue weighted by atomic mass is 10.2. The SMILES string of the molecule is COC(=O)/C=C(\C(=O)OC)N(C)c1cccc(OCc2ccccc2)c1. The van der Waals surface area contributed by atoms with Gasteiger partial charge in [0.25, 0.3) is 0 Å². The van der Waals surface area contributed by atoms with E-state index in [0.29, 0.717) is 18.0 Å². The predicted molar refractivity (Wildman–Crippen MR) is 97.7 cm³/mol. The van der Waals surface area contributed by atoms with E-state index in [4.69, 9.17) is 9.47 Å². The molecule has 0 saturated heterocycles. The Morgan fingerprint density at radius 2 is 1.73 bits per heavy atom. The molecule has 6 nitrogen and oxygen atoms in total. The highest BCUT2D eigenvalue weighted by Crippen LogP contribution is 2.24. The van der Waals surface area contributed by atoms with Crippen molar-refractivity contribution < 1.29 is 23.8 Å². The number of rotatable bonds is 7. The van der Waals surface area contributed by atoms with Crippen molar-refractivity contribution in [3.05, 3.63) is 71.9 Å². The van der Waals surface area contributed by atoms with E-state index in [9.17, 15) is 9.59 Å². The second-order valence-corrected chi connectivity index (χ2v) is 5.37. The smallest absolute Gasteiger partial charge is 0.354 e.